The van der Waals surface area contributed by atoms with Crippen molar-refractivity contribution in [1.29, 1.82) is 0 Å². The van der Waals surface area contributed by atoms with Crippen LogP contribution in [0.4, 0.5) is 5.69 Å². The number of aromatic nitrogens is 3. The zero-order valence-electron chi connectivity index (χ0n) is 19.3. The van der Waals surface area contributed by atoms with E-state index in [0.717, 1.165) is 49.5 Å². The van der Waals surface area contributed by atoms with Crippen LogP contribution in [0.2, 0.25) is 5.02 Å². The van der Waals surface area contributed by atoms with E-state index in [-0.39, 0.29) is 5.91 Å². The third kappa shape index (κ3) is 4.19. The molecule has 0 bridgehead atoms. The quantitative estimate of drug-likeness (QED) is 0.453. The number of morpholine rings is 1. The van der Waals surface area contributed by atoms with E-state index in [9.17, 15) is 4.79 Å². The summed E-state index contributed by atoms with van der Waals surface area (Å²) < 4.78 is 11.4. The van der Waals surface area contributed by atoms with Gasteiger partial charge >= 0.3 is 6.01 Å². The first-order valence-corrected chi connectivity index (χ1v) is 12.0. The SMILES string of the molecule is CN1CCc2cc(Oc3nc4nc(-c5ccc(N6CCOCC6)cc5)c(Cl)cc4[nH]3)ccc2C1=O. The number of anilines is 1. The summed E-state index contributed by atoms with van der Waals surface area (Å²) in [5, 5.41) is 0.531. The molecule has 2 aliphatic rings. The summed E-state index contributed by atoms with van der Waals surface area (Å²) in [6.07, 6.45) is 0.791. The fraction of sp³-hybridized carbons (Fsp3) is 0.269. The van der Waals surface area contributed by atoms with Gasteiger partial charge in [0.1, 0.15) is 5.75 Å². The predicted octanol–water partition coefficient (Wildman–Crippen LogP) is 4.54. The molecule has 6 rings (SSSR count). The summed E-state index contributed by atoms with van der Waals surface area (Å²) in [6, 6.07) is 15.8. The first-order valence-electron chi connectivity index (χ1n) is 11.6. The second-order valence-electron chi connectivity index (χ2n) is 8.78. The van der Waals surface area contributed by atoms with Gasteiger partial charge in [0, 0.05) is 43.5 Å². The maximum absolute atomic E-state index is 12.3. The van der Waals surface area contributed by atoms with Crippen LogP contribution in [0.15, 0.2) is 48.5 Å². The fourth-order valence-corrected chi connectivity index (χ4v) is 4.81. The summed E-state index contributed by atoms with van der Waals surface area (Å²) in [6.45, 7) is 3.96. The van der Waals surface area contributed by atoms with Crippen molar-refractivity contribution in [1.82, 2.24) is 19.9 Å². The number of halogens is 1. The predicted molar refractivity (Wildman–Crippen MR) is 135 cm³/mol. The highest BCUT2D eigenvalue weighted by Gasteiger charge is 2.22. The van der Waals surface area contributed by atoms with Gasteiger partial charge in [0.25, 0.3) is 5.91 Å². The van der Waals surface area contributed by atoms with E-state index in [2.05, 4.69) is 27.0 Å². The lowest BCUT2D eigenvalue weighted by atomic mass is 9.99. The monoisotopic (exact) mass is 489 g/mol. The summed E-state index contributed by atoms with van der Waals surface area (Å²) in [5.41, 5.74) is 5.65. The van der Waals surface area contributed by atoms with Gasteiger partial charge < -0.3 is 24.3 Å². The van der Waals surface area contributed by atoms with Gasteiger partial charge in [-0.25, -0.2) is 4.98 Å². The molecule has 4 heterocycles. The van der Waals surface area contributed by atoms with Crippen molar-refractivity contribution in [2.24, 2.45) is 0 Å². The van der Waals surface area contributed by atoms with E-state index >= 15 is 0 Å². The molecule has 1 saturated heterocycles. The number of fused-ring (bicyclic) bond motifs is 2. The standard InChI is InChI=1S/C26H24ClN5O3/c1-31-9-8-17-14-19(6-7-20(17)25(31)33)35-26-28-22-15-21(27)23(29-24(22)30-26)16-2-4-18(5-3-16)32-10-12-34-13-11-32/h2-7,14-15H,8-13H2,1H3,(H,28,29,30). The van der Waals surface area contributed by atoms with Crippen LogP contribution in [0.25, 0.3) is 22.4 Å². The number of likely N-dealkylation sites (N-methyl/N-ethyl adjacent to an activating group) is 1. The van der Waals surface area contributed by atoms with Crippen LogP contribution in [0.3, 0.4) is 0 Å². The molecule has 0 unspecified atom stereocenters. The molecule has 1 amide bonds. The molecule has 0 atom stereocenters. The van der Waals surface area contributed by atoms with Crippen LogP contribution >= 0.6 is 11.6 Å². The lowest BCUT2D eigenvalue weighted by Gasteiger charge is -2.28. The zero-order chi connectivity index (χ0) is 23.9. The number of ether oxygens (including phenoxy) is 2. The number of nitrogens with one attached hydrogen (secondary N) is 1. The fourth-order valence-electron chi connectivity index (χ4n) is 4.55. The van der Waals surface area contributed by atoms with E-state index in [1.165, 1.54) is 0 Å². The smallest absolute Gasteiger partial charge is 0.301 e. The van der Waals surface area contributed by atoms with Crippen molar-refractivity contribution >= 4 is 34.4 Å². The van der Waals surface area contributed by atoms with Gasteiger partial charge in [0.05, 0.1) is 29.4 Å². The number of pyridine rings is 1. The Hall–Kier alpha value is -3.62. The Morgan fingerprint density at radius 2 is 1.83 bits per heavy atom. The molecule has 4 aromatic rings. The summed E-state index contributed by atoms with van der Waals surface area (Å²) in [7, 11) is 1.81. The van der Waals surface area contributed by atoms with Crippen LogP contribution in [0, 0.1) is 0 Å². The molecular formula is C26H24ClN5O3. The van der Waals surface area contributed by atoms with Gasteiger partial charge in [-0.3, -0.25) is 4.79 Å². The number of nitrogens with zero attached hydrogens (tertiary/aromatic N) is 4. The summed E-state index contributed by atoms with van der Waals surface area (Å²) in [4.78, 5) is 28.7. The second-order valence-corrected chi connectivity index (χ2v) is 9.18. The maximum atomic E-state index is 12.3. The molecule has 2 aromatic heterocycles. The van der Waals surface area contributed by atoms with E-state index in [4.69, 9.17) is 26.1 Å². The number of H-pyrrole nitrogens is 1. The van der Waals surface area contributed by atoms with Gasteiger partial charge in [-0.05, 0) is 48.4 Å². The Morgan fingerprint density at radius 3 is 2.63 bits per heavy atom. The van der Waals surface area contributed by atoms with Crippen LogP contribution in [-0.4, -0.2) is 65.7 Å². The molecule has 35 heavy (non-hydrogen) atoms. The number of carbonyl (C=O) groups is 1. The minimum absolute atomic E-state index is 0.0332. The largest absolute Gasteiger partial charge is 0.426 e. The molecule has 8 nitrogen and oxygen atoms in total. The molecular weight excluding hydrogens is 466 g/mol. The van der Waals surface area contributed by atoms with Gasteiger partial charge in [0.15, 0.2) is 5.65 Å². The first kappa shape index (κ1) is 21.9. The highest BCUT2D eigenvalue weighted by atomic mass is 35.5. The summed E-state index contributed by atoms with van der Waals surface area (Å²) >= 11 is 6.59. The molecule has 0 saturated carbocycles. The first-order chi connectivity index (χ1) is 17.0. The molecule has 2 aliphatic heterocycles. The molecule has 1 N–H and O–H groups in total. The Labute approximate surface area is 207 Å². The van der Waals surface area contributed by atoms with Crippen molar-refractivity contribution in [2.75, 3.05) is 44.8 Å². The lowest BCUT2D eigenvalue weighted by Crippen LogP contribution is -2.36. The number of rotatable bonds is 4. The molecule has 0 aliphatic carbocycles. The zero-order valence-corrected chi connectivity index (χ0v) is 20.0. The van der Waals surface area contributed by atoms with Gasteiger partial charge in [-0.15, -0.1) is 0 Å². The third-order valence-electron chi connectivity index (χ3n) is 6.51. The van der Waals surface area contributed by atoms with Gasteiger partial charge in [-0.1, -0.05) is 23.7 Å². The Morgan fingerprint density at radius 1 is 1.03 bits per heavy atom. The topological polar surface area (TPSA) is 83.6 Å². The molecule has 1 fully saturated rings. The van der Waals surface area contributed by atoms with Crippen molar-refractivity contribution in [3.05, 3.63) is 64.7 Å². The van der Waals surface area contributed by atoms with Gasteiger partial charge in [-0.2, -0.15) is 4.98 Å². The van der Waals surface area contributed by atoms with E-state index < -0.39 is 0 Å². The third-order valence-corrected chi connectivity index (χ3v) is 6.79. The minimum atomic E-state index is 0.0332. The van der Waals surface area contributed by atoms with Crippen molar-refractivity contribution in [2.45, 2.75) is 6.42 Å². The normalized spacial score (nSPS) is 16.0. The van der Waals surface area contributed by atoms with Crippen LogP contribution < -0.4 is 9.64 Å². The van der Waals surface area contributed by atoms with Crippen molar-refractivity contribution in [3.63, 3.8) is 0 Å². The highest BCUT2D eigenvalue weighted by Crippen LogP contribution is 2.32. The van der Waals surface area contributed by atoms with Crippen LogP contribution in [0.5, 0.6) is 11.8 Å². The van der Waals surface area contributed by atoms with Crippen molar-refractivity contribution < 1.29 is 14.3 Å². The molecule has 2 aromatic carbocycles. The Balaban J connectivity index is 1.25. The lowest BCUT2D eigenvalue weighted by molar-refractivity contribution is 0.0781. The molecule has 0 spiro atoms. The second kappa shape index (κ2) is 8.87. The number of carbonyl (C=O) groups excluding carboxylic acids is 1. The molecule has 9 heteroatoms. The number of hydrogen-bond donors (Lipinski definition) is 1. The molecule has 178 valence electrons. The number of benzene rings is 2. The summed E-state index contributed by atoms with van der Waals surface area (Å²) in [5.74, 6) is 0.649. The Kier molecular flexibility index (Phi) is 5.54. The van der Waals surface area contributed by atoms with E-state index in [1.807, 2.05) is 31.3 Å². The van der Waals surface area contributed by atoms with Crippen LogP contribution in [0.1, 0.15) is 15.9 Å². The van der Waals surface area contributed by atoms with Crippen molar-refractivity contribution in [3.8, 4) is 23.0 Å². The van der Waals surface area contributed by atoms with E-state index in [0.29, 0.717) is 45.7 Å². The Bertz CT molecular complexity index is 1410. The van der Waals surface area contributed by atoms with Gasteiger partial charge in [0.2, 0.25) is 0 Å². The maximum Gasteiger partial charge on any atom is 0.301 e. The highest BCUT2D eigenvalue weighted by molar-refractivity contribution is 6.33. The average molecular weight is 490 g/mol. The number of hydrogen-bond acceptors (Lipinski definition) is 6. The minimum Gasteiger partial charge on any atom is -0.426 e. The average Bonchev–Trinajstić information content (AvgIpc) is 3.27. The number of amides is 1. The number of aromatic amines is 1. The number of imidazole rings is 1. The van der Waals surface area contributed by atoms with E-state index in [1.54, 1.807) is 17.0 Å². The van der Waals surface area contributed by atoms with Crippen LogP contribution in [-0.2, 0) is 11.2 Å². The molecule has 0 radical (unpaired) electrons.